The van der Waals surface area contributed by atoms with Crippen LogP contribution in [0.1, 0.15) is 51.4 Å². The second-order valence-corrected chi connectivity index (χ2v) is 9.31. The van der Waals surface area contributed by atoms with Gasteiger partial charge in [0, 0.05) is 24.3 Å². The number of amides is 1. The molecule has 1 heterocycles. The first-order valence-electron chi connectivity index (χ1n) is 10.3. The molecule has 0 aromatic heterocycles. The molecule has 4 bridgehead atoms. The standard InChI is InChI=1S/C22H30N2O/c25-21(19-5-4-8-24(15-19)20-6-2-1-3-7-20)23-22-12-16-9-17(13-22)11-18(10-16)14-22/h1-3,6-7,16-19H,4-5,8-15H2,(H,23,25)/t16?,17?,18?,19-,22?/m0/s1. The molecule has 0 unspecified atom stereocenters. The lowest BCUT2D eigenvalue weighted by molar-refractivity contribution is -0.131. The van der Waals surface area contributed by atoms with Crippen LogP contribution in [0.2, 0.25) is 0 Å². The number of rotatable bonds is 3. The largest absolute Gasteiger partial charge is 0.371 e. The van der Waals surface area contributed by atoms with Gasteiger partial charge < -0.3 is 10.2 Å². The highest BCUT2D eigenvalue weighted by molar-refractivity contribution is 5.80. The molecule has 1 aromatic carbocycles. The fraction of sp³-hybridized carbons (Fsp3) is 0.682. The summed E-state index contributed by atoms with van der Waals surface area (Å²) in [6.45, 7) is 1.95. The van der Waals surface area contributed by atoms with E-state index in [1.165, 1.54) is 44.2 Å². The molecule has 5 fully saturated rings. The van der Waals surface area contributed by atoms with Crippen LogP contribution >= 0.6 is 0 Å². The minimum Gasteiger partial charge on any atom is -0.371 e. The van der Waals surface area contributed by atoms with Gasteiger partial charge in [-0.15, -0.1) is 0 Å². The molecule has 134 valence electrons. The highest BCUT2D eigenvalue weighted by Crippen LogP contribution is 2.55. The molecule has 1 N–H and O–H groups in total. The number of benzene rings is 1. The summed E-state index contributed by atoms with van der Waals surface area (Å²) in [5.74, 6) is 3.15. The maximum Gasteiger partial charge on any atom is 0.225 e. The van der Waals surface area contributed by atoms with Gasteiger partial charge in [-0.3, -0.25) is 4.79 Å². The molecule has 6 rings (SSSR count). The topological polar surface area (TPSA) is 32.3 Å². The third kappa shape index (κ3) is 2.96. The highest BCUT2D eigenvalue weighted by Gasteiger charge is 2.51. The minimum atomic E-state index is 0.154. The van der Waals surface area contributed by atoms with E-state index in [-0.39, 0.29) is 11.5 Å². The third-order valence-electron chi connectivity index (χ3n) is 7.34. The summed E-state index contributed by atoms with van der Waals surface area (Å²) in [4.78, 5) is 15.5. The molecular weight excluding hydrogens is 308 g/mol. The fourth-order valence-corrected chi connectivity index (χ4v) is 6.69. The summed E-state index contributed by atoms with van der Waals surface area (Å²) in [5.41, 5.74) is 1.41. The Kier molecular flexibility index (Phi) is 3.79. The summed E-state index contributed by atoms with van der Waals surface area (Å²) >= 11 is 0. The lowest BCUT2D eigenvalue weighted by Gasteiger charge is -2.57. The van der Waals surface area contributed by atoms with Crippen molar-refractivity contribution in [2.24, 2.45) is 23.7 Å². The number of nitrogens with zero attached hydrogens (tertiary/aromatic N) is 1. The van der Waals surface area contributed by atoms with Crippen molar-refractivity contribution in [2.75, 3.05) is 18.0 Å². The summed E-state index contributed by atoms with van der Waals surface area (Å²) in [5, 5.41) is 3.60. The maximum absolute atomic E-state index is 13.1. The monoisotopic (exact) mass is 338 g/mol. The average Bonchev–Trinajstić information content (AvgIpc) is 2.61. The smallest absolute Gasteiger partial charge is 0.225 e. The van der Waals surface area contributed by atoms with Crippen LogP contribution in [0.3, 0.4) is 0 Å². The summed E-state index contributed by atoms with van der Waals surface area (Å²) < 4.78 is 0. The summed E-state index contributed by atoms with van der Waals surface area (Å²) in [6.07, 6.45) is 10.2. The number of piperidine rings is 1. The second kappa shape index (κ2) is 6.03. The molecule has 3 nitrogen and oxygen atoms in total. The SMILES string of the molecule is O=C(NC12CC3CC(CC(C3)C1)C2)[C@H]1CCCN(c2ccccc2)C1. The van der Waals surface area contributed by atoms with Gasteiger partial charge in [0.25, 0.3) is 0 Å². The molecule has 5 aliphatic rings. The van der Waals surface area contributed by atoms with Crippen LogP contribution in [0.5, 0.6) is 0 Å². The van der Waals surface area contributed by atoms with Crippen LogP contribution in [-0.2, 0) is 4.79 Å². The number of nitrogens with one attached hydrogen (secondary N) is 1. The van der Waals surface area contributed by atoms with E-state index >= 15 is 0 Å². The number of anilines is 1. The zero-order valence-corrected chi connectivity index (χ0v) is 15.1. The van der Waals surface area contributed by atoms with Gasteiger partial charge in [-0.25, -0.2) is 0 Å². The van der Waals surface area contributed by atoms with E-state index in [0.717, 1.165) is 43.7 Å². The molecule has 4 aliphatic carbocycles. The van der Waals surface area contributed by atoms with Crippen LogP contribution in [0, 0.1) is 23.7 Å². The third-order valence-corrected chi connectivity index (χ3v) is 7.34. The van der Waals surface area contributed by atoms with Gasteiger partial charge in [-0.2, -0.15) is 0 Å². The lowest BCUT2D eigenvalue weighted by atomic mass is 9.53. The van der Waals surface area contributed by atoms with Gasteiger partial charge in [-0.05, 0) is 81.3 Å². The Labute approximate surface area is 151 Å². The van der Waals surface area contributed by atoms with Crippen LogP contribution in [0.25, 0.3) is 0 Å². The average molecular weight is 338 g/mol. The number of para-hydroxylation sites is 1. The van der Waals surface area contributed by atoms with Crippen molar-refractivity contribution in [1.29, 1.82) is 0 Å². The number of hydrogen-bond acceptors (Lipinski definition) is 2. The Balaban J connectivity index is 1.27. The molecule has 25 heavy (non-hydrogen) atoms. The number of hydrogen-bond donors (Lipinski definition) is 1. The van der Waals surface area contributed by atoms with Crippen LogP contribution < -0.4 is 10.2 Å². The predicted molar refractivity (Wildman–Crippen MR) is 100 cm³/mol. The van der Waals surface area contributed by atoms with Crippen molar-refractivity contribution >= 4 is 11.6 Å². The van der Waals surface area contributed by atoms with Crippen molar-refractivity contribution in [3.63, 3.8) is 0 Å². The molecule has 1 saturated heterocycles. The minimum absolute atomic E-state index is 0.154. The molecule has 4 saturated carbocycles. The molecular formula is C22H30N2O. The van der Waals surface area contributed by atoms with Crippen LogP contribution in [0.4, 0.5) is 5.69 Å². The fourth-order valence-electron chi connectivity index (χ4n) is 6.69. The molecule has 3 heteroatoms. The summed E-state index contributed by atoms with van der Waals surface area (Å²) in [6, 6.07) is 10.6. The van der Waals surface area contributed by atoms with Crippen LogP contribution in [0.15, 0.2) is 30.3 Å². The Morgan fingerprint density at radius 2 is 1.64 bits per heavy atom. The first-order valence-corrected chi connectivity index (χ1v) is 10.3. The van der Waals surface area contributed by atoms with E-state index in [2.05, 4.69) is 40.5 Å². The number of carbonyl (C=O) groups is 1. The molecule has 1 aromatic rings. The van der Waals surface area contributed by atoms with E-state index in [0.29, 0.717) is 5.91 Å². The van der Waals surface area contributed by atoms with Gasteiger partial charge >= 0.3 is 0 Å². The Hall–Kier alpha value is -1.51. The van der Waals surface area contributed by atoms with Crippen molar-refractivity contribution in [3.8, 4) is 0 Å². The van der Waals surface area contributed by atoms with Gasteiger partial charge in [-0.1, -0.05) is 18.2 Å². The van der Waals surface area contributed by atoms with E-state index in [1.54, 1.807) is 0 Å². The zero-order chi connectivity index (χ0) is 16.9. The predicted octanol–water partition coefficient (Wildman–Crippen LogP) is 3.99. The molecule has 1 aliphatic heterocycles. The zero-order valence-electron chi connectivity index (χ0n) is 15.1. The normalized spacial score (nSPS) is 39.4. The summed E-state index contributed by atoms with van der Waals surface area (Å²) in [7, 11) is 0. The quantitative estimate of drug-likeness (QED) is 0.904. The Bertz CT molecular complexity index is 605. The maximum atomic E-state index is 13.1. The first-order chi connectivity index (χ1) is 12.2. The Morgan fingerprint density at radius 3 is 2.28 bits per heavy atom. The van der Waals surface area contributed by atoms with Crippen molar-refractivity contribution < 1.29 is 4.79 Å². The van der Waals surface area contributed by atoms with Gasteiger partial charge in [0.1, 0.15) is 0 Å². The first kappa shape index (κ1) is 15.7. The van der Waals surface area contributed by atoms with Gasteiger partial charge in [0.05, 0.1) is 5.92 Å². The van der Waals surface area contributed by atoms with E-state index < -0.39 is 0 Å². The van der Waals surface area contributed by atoms with Gasteiger partial charge in [0.15, 0.2) is 0 Å². The van der Waals surface area contributed by atoms with Crippen molar-refractivity contribution in [1.82, 2.24) is 5.32 Å². The highest BCUT2D eigenvalue weighted by atomic mass is 16.2. The second-order valence-electron chi connectivity index (χ2n) is 9.31. The Morgan fingerprint density at radius 1 is 1.00 bits per heavy atom. The number of carbonyl (C=O) groups excluding carboxylic acids is 1. The van der Waals surface area contributed by atoms with Crippen molar-refractivity contribution in [3.05, 3.63) is 30.3 Å². The van der Waals surface area contributed by atoms with Crippen LogP contribution in [-0.4, -0.2) is 24.5 Å². The molecule has 1 atom stereocenters. The van der Waals surface area contributed by atoms with E-state index in [4.69, 9.17) is 0 Å². The molecule has 0 radical (unpaired) electrons. The molecule has 1 amide bonds. The molecule has 0 spiro atoms. The van der Waals surface area contributed by atoms with E-state index in [9.17, 15) is 4.79 Å². The van der Waals surface area contributed by atoms with E-state index in [1.807, 2.05) is 0 Å². The lowest BCUT2D eigenvalue weighted by Crippen LogP contribution is -2.61. The van der Waals surface area contributed by atoms with Crippen molar-refractivity contribution in [2.45, 2.75) is 56.9 Å². The van der Waals surface area contributed by atoms with Gasteiger partial charge in [0.2, 0.25) is 5.91 Å².